The highest BCUT2D eigenvalue weighted by Crippen LogP contribution is 2.28. The van der Waals surface area contributed by atoms with E-state index in [0.717, 1.165) is 16.8 Å². The van der Waals surface area contributed by atoms with Gasteiger partial charge in [0.05, 0.1) is 15.9 Å². The molecule has 0 saturated heterocycles. The Morgan fingerprint density at radius 2 is 1.15 bits per heavy atom. The van der Waals surface area contributed by atoms with Crippen LogP contribution in [0.4, 0.5) is 23.0 Å². The summed E-state index contributed by atoms with van der Waals surface area (Å²) in [5, 5.41) is 3.21. The van der Waals surface area contributed by atoms with Crippen LogP contribution in [0, 0.1) is 0 Å². The predicted molar refractivity (Wildman–Crippen MR) is 136 cm³/mol. The van der Waals surface area contributed by atoms with Crippen molar-refractivity contribution in [1.82, 2.24) is 9.97 Å². The van der Waals surface area contributed by atoms with Crippen LogP contribution in [0.25, 0.3) is 22.2 Å². The molecule has 8 heteroatoms. The van der Waals surface area contributed by atoms with Gasteiger partial charge in [0.25, 0.3) is 10.0 Å². The van der Waals surface area contributed by atoms with Crippen molar-refractivity contribution in [3.05, 3.63) is 103 Å². The third kappa shape index (κ3) is 4.53. The Kier molecular flexibility index (Phi) is 5.57. The number of aromatic nitrogens is 2. The lowest BCUT2D eigenvalue weighted by Gasteiger charge is -2.14. The van der Waals surface area contributed by atoms with Gasteiger partial charge in [-0.2, -0.15) is 0 Å². The number of hydrogen-bond donors (Lipinski definition) is 3. The maximum atomic E-state index is 13.0. The molecule has 0 aliphatic rings. The van der Waals surface area contributed by atoms with Crippen molar-refractivity contribution < 1.29 is 8.42 Å². The minimum atomic E-state index is -3.85. The molecule has 0 aliphatic carbocycles. The van der Waals surface area contributed by atoms with Gasteiger partial charge in [0, 0.05) is 11.4 Å². The van der Waals surface area contributed by atoms with Crippen molar-refractivity contribution in [3.63, 3.8) is 0 Å². The number of hydrogen-bond acceptors (Lipinski definition) is 6. The fourth-order valence-corrected chi connectivity index (χ4v) is 4.53. The smallest absolute Gasteiger partial charge is 0.263 e. The number of para-hydroxylation sites is 2. The third-order valence-electron chi connectivity index (χ3n) is 5.25. The van der Waals surface area contributed by atoms with Crippen LogP contribution in [0.1, 0.15) is 0 Å². The zero-order valence-electron chi connectivity index (χ0n) is 18.0. The van der Waals surface area contributed by atoms with E-state index in [1.165, 1.54) is 12.1 Å². The molecule has 34 heavy (non-hydrogen) atoms. The van der Waals surface area contributed by atoms with Crippen LogP contribution in [0.5, 0.6) is 0 Å². The summed E-state index contributed by atoms with van der Waals surface area (Å²) >= 11 is 0. The summed E-state index contributed by atoms with van der Waals surface area (Å²) in [5.74, 6) is 0.420. The van der Waals surface area contributed by atoms with E-state index in [-0.39, 0.29) is 10.7 Å². The summed E-state index contributed by atoms with van der Waals surface area (Å²) in [6.07, 6.45) is 0. The van der Waals surface area contributed by atoms with Gasteiger partial charge in [-0.05, 0) is 59.7 Å². The normalized spacial score (nSPS) is 11.3. The maximum absolute atomic E-state index is 13.0. The van der Waals surface area contributed by atoms with Gasteiger partial charge in [0.1, 0.15) is 0 Å². The number of benzene rings is 4. The van der Waals surface area contributed by atoms with Gasteiger partial charge in [-0.3, -0.25) is 4.72 Å². The highest BCUT2D eigenvalue weighted by atomic mass is 32.2. The molecule has 5 aromatic rings. The molecule has 0 amide bonds. The molecule has 0 radical (unpaired) electrons. The van der Waals surface area contributed by atoms with Crippen LogP contribution in [-0.4, -0.2) is 18.4 Å². The molecule has 0 unspecified atom stereocenters. The number of nitrogens with two attached hydrogens (primary N) is 1. The van der Waals surface area contributed by atoms with Crippen molar-refractivity contribution in [2.45, 2.75) is 4.90 Å². The number of nitrogen functional groups attached to an aromatic ring is 1. The first-order valence-corrected chi connectivity index (χ1v) is 12.0. The monoisotopic (exact) mass is 467 g/mol. The van der Waals surface area contributed by atoms with Crippen LogP contribution in [-0.2, 0) is 10.0 Å². The Balaban J connectivity index is 1.49. The minimum absolute atomic E-state index is 0.116. The zero-order chi connectivity index (χ0) is 23.5. The Morgan fingerprint density at radius 3 is 1.76 bits per heavy atom. The molecule has 5 rings (SSSR count). The summed E-state index contributed by atoms with van der Waals surface area (Å²) in [6.45, 7) is 0. The lowest BCUT2D eigenvalue weighted by molar-refractivity contribution is 0.601. The highest BCUT2D eigenvalue weighted by molar-refractivity contribution is 7.92. The van der Waals surface area contributed by atoms with E-state index in [4.69, 9.17) is 5.73 Å². The Morgan fingerprint density at radius 1 is 0.618 bits per heavy atom. The molecule has 0 atom stereocenters. The van der Waals surface area contributed by atoms with Crippen LogP contribution in [0.2, 0.25) is 0 Å². The fourth-order valence-electron chi connectivity index (χ4n) is 3.50. The van der Waals surface area contributed by atoms with Crippen LogP contribution >= 0.6 is 0 Å². The fraction of sp³-hybridized carbons (Fsp3) is 0. The van der Waals surface area contributed by atoms with Crippen LogP contribution in [0.3, 0.4) is 0 Å². The van der Waals surface area contributed by atoms with Crippen molar-refractivity contribution in [2.24, 2.45) is 0 Å². The molecular formula is C26H21N5O2S. The Bertz CT molecular complexity index is 1550. The van der Waals surface area contributed by atoms with Gasteiger partial charge in [-0.15, -0.1) is 0 Å². The second kappa shape index (κ2) is 8.84. The van der Waals surface area contributed by atoms with Crippen molar-refractivity contribution in [1.29, 1.82) is 0 Å². The number of rotatable bonds is 6. The maximum Gasteiger partial charge on any atom is 0.263 e. The van der Waals surface area contributed by atoms with E-state index in [0.29, 0.717) is 22.5 Å². The topological polar surface area (TPSA) is 110 Å². The van der Waals surface area contributed by atoms with Gasteiger partial charge in [-0.1, -0.05) is 54.6 Å². The largest absolute Gasteiger partial charge is 0.399 e. The predicted octanol–water partition coefficient (Wildman–Crippen LogP) is 5.42. The molecule has 7 nitrogen and oxygen atoms in total. The third-order valence-corrected chi connectivity index (χ3v) is 6.60. The molecule has 0 saturated carbocycles. The first-order chi connectivity index (χ1) is 16.5. The number of fused-ring (bicyclic) bond motifs is 1. The van der Waals surface area contributed by atoms with Gasteiger partial charge in [0.2, 0.25) is 0 Å². The molecule has 1 heterocycles. The Labute approximate surface area is 197 Å². The summed E-state index contributed by atoms with van der Waals surface area (Å²) in [6, 6.07) is 30.8. The molecule has 0 fully saturated rings. The summed E-state index contributed by atoms with van der Waals surface area (Å²) in [5.41, 5.74) is 10.5. The van der Waals surface area contributed by atoms with Gasteiger partial charge in [0.15, 0.2) is 11.6 Å². The molecule has 1 aromatic heterocycles. The summed E-state index contributed by atoms with van der Waals surface area (Å²) in [4.78, 5) is 9.29. The second-order valence-electron chi connectivity index (χ2n) is 7.65. The van der Waals surface area contributed by atoms with Crippen LogP contribution in [0.15, 0.2) is 108 Å². The van der Waals surface area contributed by atoms with Crippen LogP contribution < -0.4 is 15.8 Å². The molecular weight excluding hydrogens is 446 g/mol. The molecule has 4 N–H and O–H groups in total. The van der Waals surface area contributed by atoms with Gasteiger partial charge in [-0.25, -0.2) is 18.4 Å². The van der Waals surface area contributed by atoms with Crippen molar-refractivity contribution >= 4 is 44.1 Å². The molecule has 168 valence electrons. The number of sulfonamides is 1. The quantitative estimate of drug-likeness (QED) is 0.288. The lowest BCUT2D eigenvalue weighted by Crippen LogP contribution is -2.16. The van der Waals surface area contributed by atoms with E-state index in [9.17, 15) is 8.42 Å². The molecule has 0 aliphatic heterocycles. The van der Waals surface area contributed by atoms with Gasteiger partial charge >= 0.3 is 0 Å². The van der Waals surface area contributed by atoms with E-state index >= 15 is 0 Å². The number of nitrogens with one attached hydrogen (secondary N) is 2. The highest BCUT2D eigenvalue weighted by Gasteiger charge is 2.18. The van der Waals surface area contributed by atoms with E-state index in [1.54, 1.807) is 24.3 Å². The Hall–Kier alpha value is -4.43. The molecule has 4 aromatic carbocycles. The number of nitrogens with zero attached hydrogens (tertiary/aromatic N) is 2. The SMILES string of the molecule is Nc1ccc(-c2ccc(Nc3nc4ccccc4nc3NS(=O)(=O)c3ccccc3)cc2)cc1. The molecule has 0 spiro atoms. The van der Waals surface area contributed by atoms with Crippen molar-refractivity contribution in [2.75, 3.05) is 15.8 Å². The average Bonchev–Trinajstić information content (AvgIpc) is 2.86. The number of anilines is 4. The minimum Gasteiger partial charge on any atom is -0.399 e. The standard InChI is InChI=1S/C26H21N5O2S/c27-20-14-10-18(11-15-20)19-12-16-21(17-13-19)28-25-26(30-24-9-5-4-8-23(24)29-25)31-34(32,33)22-6-2-1-3-7-22/h1-17H,27H2,(H,28,29)(H,30,31). The average molecular weight is 468 g/mol. The molecule has 0 bridgehead atoms. The second-order valence-corrected chi connectivity index (χ2v) is 9.33. The first-order valence-electron chi connectivity index (χ1n) is 10.6. The van der Waals surface area contributed by atoms with E-state index < -0.39 is 10.0 Å². The van der Waals surface area contributed by atoms with E-state index in [2.05, 4.69) is 20.0 Å². The van der Waals surface area contributed by atoms with Crippen molar-refractivity contribution in [3.8, 4) is 11.1 Å². The van der Waals surface area contributed by atoms with E-state index in [1.807, 2.05) is 66.7 Å². The zero-order valence-corrected chi connectivity index (χ0v) is 18.8. The first kappa shape index (κ1) is 21.4. The van der Waals surface area contributed by atoms with Gasteiger partial charge < -0.3 is 11.1 Å². The summed E-state index contributed by atoms with van der Waals surface area (Å²) in [7, 11) is -3.85. The lowest BCUT2D eigenvalue weighted by atomic mass is 10.1. The summed E-state index contributed by atoms with van der Waals surface area (Å²) < 4.78 is 28.5.